The maximum Gasteiger partial charge on any atom is 0.405 e. The van der Waals surface area contributed by atoms with Gasteiger partial charge in [-0.05, 0) is 12.1 Å². The van der Waals surface area contributed by atoms with Gasteiger partial charge in [-0.25, -0.2) is 9.97 Å². The van der Waals surface area contributed by atoms with Gasteiger partial charge in [0.2, 0.25) is 5.89 Å². The molecule has 0 aromatic carbocycles. The van der Waals surface area contributed by atoms with Gasteiger partial charge in [-0.15, -0.1) is 0 Å². The van der Waals surface area contributed by atoms with Crippen molar-refractivity contribution in [2.45, 2.75) is 6.18 Å². The van der Waals surface area contributed by atoms with Crippen LogP contribution in [-0.4, -0.2) is 29.0 Å². The molecule has 0 unspecified atom stereocenters. The van der Waals surface area contributed by atoms with Crippen molar-refractivity contribution >= 4 is 12.1 Å². The molecule has 0 fully saturated rings. The molecule has 0 saturated heterocycles. The molecule has 0 saturated carbocycles. The van der Waals surface area contributed by atoms with Crippen LogP contribution in [-0.2, 0) is 0 Å². The fraction of sp³-hybridized carbons (Fsp3) is 0.182. The number of carbonyl (C=O) groups excluding carboxylic acids is 1. The van der Waals surface area contributed by atoms with Gasteiger partial charge in [-0.1, -0.05) is 0 Å². The summed E-state index contributed by atoms with van der Waals surface area (Å²) in [6.45, 7) is -1.19. The highest BCUT2D eigenvalue weighted by Crippen LogP contribution is 2.21. The SMILES string of the molecule is O=Cc1coc(-c2ccnc(NCC(F)(F)F)c2)n1. The van der Waals surface area contributed by atoms with Crippen molar-refractivity contribution in [2.24, 2.45) is 0 Å². The van der Waals surface area contributed by atoms with Gasteiger partial charge < -0.3 is 9.73 Å². The first-order valence-corrected chi connectivity index (χ1v) is 5.16. The molecule has 8 heteroatoms. The first kappa shape index (κ1) is 13.1. The Labute approximate surface area is 105 Å². The van der Waals surface area contributed by atoms with Crippen molar-refractivity contribution in [3.63, 3.8) is 0 Å². The third-order valence-electron chi connectivity index (χ3n) is 2.12. The van der Waals surface area contributed by atoms with Crippen LogP contribution in [0.25, 0.3) is 11.5 Å². The smallest absolute Gasteiger partial charge is 0.405 e. The molecule has 2 heterocycles. The van der Waals surface area contributed by atoms with Crippen molar-refractivity contribution in [2.75, 3.05) is 11.9 Å². The Bertz CT molecular complexity index is 581. The highest BCUT2D eigenvalue weighted by atomic mass is 19.4. The van der Waals surface area contributed by atoms with Crippen LogP contribution in [0.4, 0.5) is 19.0 Å². The van der Waals surface area contributed by atoms with E-state index >= 15 is 0 Å². The van der Waals surface area contributed by atoms with Gasteiger partial charge >= 0.3 is 6.18 Å². The van der Waals surface area contributed by atoms with Crippen molar-refractivity contribution in [3.8, 4) is 11.5 Å². The zero-order valence-electron chi connectivity index (χ0n) is 9.44. The normalized spacial score (nSPS) is 11.3. The molecule has 5 nitrogen and oxygen atoms in total. The number of halogens is 3. The number of aldehydes is 1. The van der Waals surface area contributed by atoms with E-state index in [-0.39, 0.29) is 17.4 Å². The lowest BCUT2D eigenvalue weighted by molar-refractivity contribution is -0.115. The maximum atomic E-state index is 12.1. The van der Waals surface area contributed by atoms with Crippen LogP contribution in [0.1, 0.15) is 10.5 Å². The summed E-state index contributed by atoms with van der Waals surface area (Å²) in [7, 11) is 0. The lowest BCUT2D eigenvalue weighted by atomic mass is 10.2. The average molecular weight is 271 g/mol. The summed E-state index contributed by atoms with van der Waals surface area (Å²) in [5.74, 6) is 0.181. The largest absolute Gasteiger partial charge is 0.444 e. The maximum absolute atomic E-state index is 12.1. The summed E-state index contributed by atoms with van der Waals surface area (Å²) < 4.78 is 41.2. The van der Waals surface area contributed by atoms with Crippen LogP contribution in [0.15, 0.2) is 29.0 Å². The summed E-state index contributed by atoms with van der Waals surface area (Å²) >= 11 is 0. The van der Waals surface area contributed by atoms with Gasteiger partial charge in [-0.2, -0.15) is 13.2 Å². The van der Waals surface area contributed by atoms with Crippen LogP contribution in [0.3, 0.4) is 0 Å². The Morgan fingerprint density at radius 3 is 2.84 bits per heavy atom. The molecule has 1 N–H and O–H groups in total. The molecular formula is C11H8F3N3O2. The van der Waals surface area contributed by atoms with Crippen LogP contribution < -0.4 is 5.32 Å². The van der Waals surface area contributed by atoms with Crippen molar-refractivity contribution < 1.29 is 22.4 Å². The van der Waals surface area contributed by atoms with E-state index in [1.807, 2.05) is 0 Å². The highest BCUT2D eigenvalue weighted by Gasteiger charge is 2.26. The lowest BCUT2D eigenvalue weighted by Gasteiger charge is -2.08. The minimum Gasteiger partial charge on any atom is -0.444 e. The summed E-state index contributed by atoms with van der Waals surface area (Å²) in [6, 6.07) is 2.87. The van der Waals surface area contributed by atoms with Gasteiger partial charge in [-0.3, -0.25) is 4.79 Å². The van der Waals surface area contributed by atoms with E-state index in [1.165, 1.54) is 18.3 Å². The van der Waals surface area contributed by atoms with Gasteiger partial charge in [0, 0.05) is 11.8 Å². The molecule has 0 spiro atoms. The fourth-order valence-corrected chi connectivity index (χ4v) is 1.32. The first-order valence-electron chi connectivity index (χ1n) is 5.16. The molecule has 2 rings (SSSR count). The topological polar surface area (TPSA) is 68.0 Å². The van der Waals surface area contributed by atoms with Gasteiger partial charge in [0.15, 0.2) is 6.29 Å². The molecule has 0 aliphatic carbocycles. The van der Waals surface area contributed by atoms with Gasteiger partial charge in [0.05, 0.1) is 0 Å². The van der Waals surface area contributed by atoms with E-state index < -0.39 is 12.7 Å². The van der Waals surface area contributed by atoms with Crippen molar-refractivity contribution in [3.05, 3.63) is 30.3 Å². The van der Waals surface area contributed by atoms with E-state index in [4.69, 9.17) is 4.42 Å². The molecule has 100 valence electrons. The Morgan fingerprint density at radius 2 is 2.21 bits per heavy atom. The molecule has 0 bridgehead atoms. The predicted octanol–water partition coefficient (Wildman–Crippen LogP) is 2.52. The number of aromatic nitrogens is 2. The number of anilines is 1. The van der Waals surface area contributed by atoms with Crippen LogP contribution in [0, 0.1) is 0 Å². The van der Waals surface area contributed by atoms with E-state index in [1.54, 1.807) is 0 Å². The molecule has 2 aromatic rings. The fourth-order valence-electron chi connectivity index (χ4n) is 1.32. The minimum absolute atomic E-state index is 0.0423. The number of hydrogen-bond acceptors (Lipinski definition) is 5. The molecule has 19 heavy (non-hydrogen) atoms. The number of nitrogens with one attached hydrogen (secondary N) is 1. The van der Waals surface area contributed by atoms with Crippen LogP contribution in [0.5, 0.6) is 0 Å². The van der Waals surface area contributed by atoms with E-state index in [2.05, 4.69) is 15.3 Å². The number of pyridine rings is 1. The van der Waals surface area contributed by atoms with Gasteiger partial charge in [0.1, 0.15) is 24.3 Å². The average Bonchev–Trinajstić information content (AvgIpc) is 2.85. The summed E-state index contributed by atoms with van der Waals surface area (Å²) in [6.07, 6.45) is -1.34. The van der Waals surface area contributed by atoms with Crippen LogP contribution >= 0.6 is 0 Å². The van der Waals surface area contributed by atoms with Crippen molar-refractivity contribution in [1.82, 2.24) is 9.97 Å². The van der Waals surface area contributed by atoms with Crippen molar-refractivity contribution in [1.29, 1.82) is 0 Å². The number of oxazole rings is 1. The Hall–Kier alpha value is -2.38. The number of carbonyl (C=O) groups is 1. The van der Waals surface area contributed by atoms with E-state index in [9.17, 15) is 18.0 Å². The molecular weight excluding hydrogens is 263 g/mol. The quantitative estimate of drug-likeness (QED) is 0.865. The Morgan fingerprint density at radius 1 is 1.42 bits per heavy atom. The third kappa shape index (κ3) is 3.54. The number of rotatable bonds is 4. The molecule has 0 radical (unpaired) electrons. The second-order valence-corrected chi connectivity index (χ2v) is 3.59. The molecule has 0 aliphatic rings. The zero-order chi connectivity index (χ0) is 13.9. The zero-order valence-corrected chi connectivity index (χ0v) is 9.44. The molecule has 0 aliphatic heterocycles. The summed E-state index contributed by atoms with van der Waals surface area (Å²) in [4.78, 5) is 18.0. The molecule has 0 amide bonds. The second-order valence-electron chi connectivity index (χ2n) is 3.59. The third-order valence-corrected chi connectivity index (χ3v) is 2.12. The monoisotopic (exact) mass is 271 g/mol. The standard InChI is InChI=1S/C11H8F3N3O2/c12-11(13,14)6-16-9-3-7(1-2-15-9)10-17-8(4-18)5-19-10/h1-5H,6H2,(H,15,16). The number of alkyl halides is 3. The lowest BCUT2D eigenvalue weighted by Crippen LogP contribution is -2.21. The first-order chi connectivity index (χ1) is 8.98. The predicted molar refractivity (Wildman–Crippen MR) is 59.7 cm³/mol. The Kier molecular flexibility index (Phi) is 3.50. The number of nitrogens with zero attached hydrogens (tertiary/aromatic N) is 2. The highest BCUT2D eigenvalue weighted by molar-refractivity contribution is 5.72. The van der Waals surface area contributed by atoms with Gasteiger partial charge in [0.25, 0.3) is 0 Å². The van der Waals surface area contributed by atoms with Crippen LogP contribution in [0.2, 0.25) is 0 Å². The summed E-state index contributed by atoms with van der Waals surface area (Å²) in [5, 5.41) is 2.14. The Balaban J connectivity index is 2.17. The molecule has 0 atom stereocenters. The van der Waals surface area contributed by atoms with E-state index in [0.29, 0.717) is 11.8 Å². The molecule has 2 aromatic heterocycles. The van der Waals surface area contributed by atoms with E-state index in [0.717, 1.165) is 6.26 Å². The number of hydrogen-bond donors (Lipinski definition) is 1. The second kappa shape index (κ2) is 5.09. The minimum atomic E-state index is -4.33. The summed E-state index contributed by atoms with van der Waals surface area (Å²) in [5.41, 5.74) is 0.532.